The Morgan fingerprint density at radius 3 is 3.00 bits per heavy atom. The number of piperidine rings is 1. The molecule has 0 spiro atoms. The van der Waals surface area contributed by atoms with Crippen molar-refractivity contribution < 1.29 is 9.53 Å². The number of ether oxygens (including phenoxy) is 1. The molecule has 1 aliphatic rings. The molecule has 0 aliphatic carbocycles. The van der Waals surface area contributed by atoms with Crippen molar-refractivity contribution in [2.45, 2.75) is 31.8 Å². The predicted molar refractivity (Wildman–Crippen MR) is 82.8 cm³/mol. The third kappa shape index (κ3) is 3.52. The molecule has 4 nitrogen and oxygen atoms in total. The van der Waals surface area contributed by atoms with Gasteiger partial charge in [0.05, 0.1) is 13.2 Å². The molecule has 1 saturated heterocycles. The van der Waals surface area contributed by atoms with E-state index in [2.05, 4.69) is 26.1 Å². The molecule has 0 radical (unpaired) electrons. The fourth-order valence-corrected chi connectivity index (χ4v) is 3.03. The molecule has 1 aromatic rings. The van der Waals surface area contributed by atoms with Gasteiger partial charge in [0.1, 0.15) is 5.75 Å². The van der Waals surface area contributed by atoms with E-state index in [0.717, 1.165) is 48.1 Å². The van der Waals surface area contributed by atoms with Crippen molar-refractivity contribution >= 4 is 21.8 Å². The van der Waals surface area contributed by atoms with Crippen molar-refractivity contribution in [3.8, 4) is 5.75 Å². The summed E-state index contributed by atoms with van der Waals surface area (Å²) in [6.45, 7) is 1.72. The van der Waals surface area contributed by atoms with Gasteiger partial charge in [-0.2, -0.15) is 0 Å². The van der Waals surface area contributed by atoms with Crippen LogP contribution in [0.25, 0.3) is 0 Å². The van der Waals surface area contributed by atoms with E-state index in [1.165, 1.54) is 0 Å². The molecule has 0 bridgehead atoms. The number of likely N-dealkylation sites (N-methyl/N-ethyl adjacent to an activating group) is 1. The maximum Gasteiger partial charge on any atom is 0.237 e. The van der Waals surface area contributed by atoms with Crippen LogP contribution >= 0.6 is 15.9 Å². The molecular weight excluding hydrogens is 320 g/mol. The molecule has 1 N–H and O–H groups in total. The van der Waals surface area contributed by atoms with Crippen LogP contribution in [-0.4, -0.2) is 37.6 Å². The minimum absolute atomic E-state index is 0.0214. The Morgan fingerprint density at radius 1 is 1.50 bits per heavy atom. The third-order valence-corrected chi connectivity index (χ3v) is 4.56. The topological polar surface area (TPSA) is 41.6 Å². The highest BCUT2D eigenvalue weighted by Gasteiger charge is 2.28. The number of hydrogen-bond donors (Lipinski definition) is 1. The van der Waals surface area contributed by atoms with Crippen LogP contribution < -0.4 is 10.1 Å². The summed E-state index contributed by atoms with van der Waals surface area (Å²) in [5.41, 5.74) is 1.15. The van der Waals surface area contributed by atoms with Crippen molar-refractivity contribution in [3.05, 3.63) is 28.2 Å². The summed E-state index contributed by atoms with van der Waals surface area (Å²) in [5, 5.41) is 2.77. The smallest absolute Gasteiger partial charge is 0.237 e. The fraction of sp³-hybridized carbons (Fsp3) is 0.533. The van der Waals surface area contributed by atoms with Gasteiger partial charge in [-0.15, -0.1) is 0 Å². The second-order valence-electron chi connectivity index (χ2n) is 5.05. The largest absolute Gasteiger partial charge is 0.497 e. The average Bonchev–Trinajstić information content (AvgIpc) is 2.49. The summed E-state index contributed by atoms with van der Waals surface area (Å²) >= 11 is 3.58. The molecule has 5 heteroatoms. The van der Waals surface area contributed by atoms with Gasteiger partial charge in [0.25, 0.3) is 0 Å². The van der Waals surface area contributed by atoms with E-state index in [9.17, 15) is 4.79 Å². The monoisotopic (exact) mass is 340 g/mol. The number of halogens is 1. The van der Waals surface area contributed by atoms with Crippen LogP contribution in [0.1, 0.15) is 24.8 Å². The quantitative estimate of drug-likeness (QED) is 0.915. The molecule has 0 aromatic heterocycles. The van der Waals surface area contributed by atoms with Crippen LogP contribution in [0.3, 0.4) is 0 Å². The molecule has 1 atom stereocenters. The number of rotatable bonds is 4. The first kappa shape index (κ1) is 15.3. The van der Waals surface area contributed by atoms with Gasteiger partial charge in [0.2, 0.25) is 5.91 Å². The molecule has 20 heavy (non-hydrogen) atoms. The summed E-state index contributed by atoms with van der Waals surface area (Å²) in [5.74, 6) is 0.959. The Bertz CT molecular complexity index is 479. The van der Waals surface area contributed by atoms with E-state index >= 15 is 0 Å². The van der Waals surface area contributed by atoms with Crippen molar-refractivity contribution in [2.75, 3.05) is 20.7 Å². The second kappa shape index (κ2) is 7.09. The summed E-state index contributed by atoms with van der Waals surface area (Å²) in [4.78, 5) is 14.2. The van der Waals surface area contributed by atoms with Crippen LogP contribution in [0.4, 0.5) is 0 Å². The highest BCUT2D eigenvalue weighted by Crippen LogP contribution is 2.26. The molecule has 1 heterocycles. The third-order valence-electron chi connectivity index (χ3n) is 3.79. The van der Waals surface area contributed by atoms with E-state index in [0.29, 0.717) is 0 Å². The molecule has 1 unspecified atom stereocenters. The second-order valence-corrected chi connectivity index (χ2v) is 5.91. The molecule has 1 fully saturated rings. The van der Waals surface area contributed by atoms with Gasteiger partial charge in [0.15, 0.2) is 0 Å². The number of carbonyl (C=O) groups excluding carboxylic acids is 1. The van der Waals surface area contributed by atoms with Gasteiger partial charge in [0, 0.05) is 18.1 Å². The Labute approximate surface area is 128 Å². The Balaban J connectivity index is 2.16. The van der Waals surface area contributed by atoms with E-state index in [1.807, 2.05) is 18.2 Å². The maximum atomic E-state index is 12.0. The minimum Gasteiger partial charge on any atom is -0.497 e. The highest BCUT2D eigenvalue weighted by atomic mass is 79.9. The Morgan fingerprint density at radius 2 is 2.30 bits per heavy atom. The SMILES string of the molecule is CNC(=O)C1CCCCN1Cc1cc(OC)ccc1Br. The first-order chi connectivity index (χ1) is 9.65. The molecular formula is C15H21BrN2O2. The number of nitrogens with zero attached hydrogens (tertiary/aromatic N) is 1. The molecule has 1 aliphatic heterocycles. The Hall–Kier alpha value is -1.07. The zero-order chi connectivity index (χ0) is 14.5. The Kier molecular flexibility index (Phi) is 5.43. The van der Waals surface area contributed by atoms with Gasteiger partial charge in [-0.1, -0.05) is 22.4 Å². The highest BCUT2D eigenvalue weighted by molar-refractivity contribution is 9.10. The maximum absolute atomic E-state index is 12.0. The van der Waals surface area contributed by atoms with E-state index in [4.69, 9.17) is 4.74 Å². The average molecular weight is 341 g/mol. The van der Waals surface area contributed by atoms with Crippen molar-refractivity contribution in [1.29, 1.82) is 0 Å². The lowest BCUT2D eigenvalue weighted by molar-refractivity contribution is -0.127. The fourth-order valence-electron chi connectivity index (χ4n) is 2.66. The normalized spacial score (nSPS) is 19.6. The number of hydrogen-bond acceptors (Lipinski definition) is 3. The number of likely N-dealkylation sites (tertiary alicyclic amines) is 1. The number of nitrogens with one attached hydrogen (secondary N) is 1. The number of amides is 1. The summed E-state index contributed by atoms with van der Waals surface area (Å²) in [6, 6.07) is 5.93. The first-order valence-electron chi connectivity index (χ1n) is 6.93. The number of benzene rings is 1. The van der Waals surface area contributed by atoms with Crippen LogP contribution in [0.2, 0.25) is 0 Å². The predicted octanol–water partition coefficient (Wildman–Crippen LogP) is 2.56. The molecule has 2 rings (SSSR count). The van der Waals surface area contributed by atoms with Crippen molar-refractivity contribution in [1.82, 2.24) is 10.2 Å². The van der Waals surface area contributed by atoms with Gasteiger partial charge in [-0.05, 0) is 43.1 Å². The van der Waals surface area contributed by atoms with E-state index in [1.54, 1.807) is 14.2 Å². The van der Waals surface area contributed by atoms with Gasteiger partial charge < -0.3 is 10.1 Å². The molecule has 110 valence electrons. The van der Waals surface area contributed by atoms with E-state index in [-0.39, 0.29) is 11.9 Å². The number of methoxy groups -OCH3 is 1. The molecule has 0 saturated carbocycles. The summed E-state index contributed by atoms with van der Waals surface area (Å²) < 4.78 is 6.33. The lowest BCUT2D eigenvalue weighted by Gasteiger charge is -2.34. The van der Waals surface area contributed by atoms with Gasteiger partial charge in [-0.3, -0.25) is 9.69 Å². The summed E-state index contributed by atoms with van der Waals surface area (Å²) in [7, 11) is 3.37. The van der Waals surface area contributed by atoms with E-state index < -0.39 is 0 Å². The first-order valence-corrected chi connectivity index (χ1v) is 7.73. The zero-order valence-corrected chi connectivity index (χ0v) is 13.6. The van der Waals surface area contributed by atoms with Crippen LogP contribution in [0.5, 0.6) is 5.75 Å². The lowest BCUT2D eigenvalue weighted by atomic mass is 10.0. The summed E-state index contributed by atoms with van der Waals surface area (Å²) in [6.07, 6.45) is 3.20. The minimum atomic E-state index is -0.0214. The molecule has 1 aromatic carbocycles. The van der Waals surface area contributed by atoms with Crippen LogP contribution in [0.15, 0.2) is 22.7 Å². The van der Waals surface area contributed by atoms with Gasteiger partial charge >= 0.3 is 0 Å². The zero-order valence-electron chi connectivity index (χ0n) is 12.0. The van der Waals surface area contributed by atoms with Crippen LogP contribution in [-0.2, 0) is 11.3 Å². The van der Waals surface area contributed by atoms with Gasteiger partial charge in [-0.25, -0.2) is 0 Å². The number of carbonyl (C=O) groups is 1. The van der Waals surface area contributed by atoms with Crippen molar-refractivity contribution in [3.63, 3.8) is 0 Å². The molecule has 1 amide bonds. The van der Waals surface area contributed by atoms with Crippen LogP contribution in [0, 0.1) is 0 Å². The van der Waals surface area contributed by atoms with Crippen molar-refractivity contribution in [2.24, 2.45) is 0 Å². The lowest BCUT2D eigenvalue weighted by Crippen LogP contribution is -2.48. The standard InChI is InChI=1S/C15H21BrN2O2/c1-17-15(19)14-5-3-4-8-18(14)10-11-9-12(20-2)6-7-13(11)16/h6-7,9,14H,3-5,8,10H2,1-2H3,(H,17,19).